The van der Waals surface area contributed by atoms with Crippen molar-refractivity contribution in [3.8, 4) is 11.5 Å². The van der Waals surface area contributed by atoms with Gasteiger partial charge in [-0.1, -0.05) is 30.3 Å². The van der Waals surface area contributed by atoms with E-state index in [-0.39, 0.29) is 12.0 Å². The molecule has 29 heavy (non-hydrogen) atoms. The van der Waals surface area contributed by atoms with Gasteiger partial charge in [0.1, 0.15) is 17.5 Å². The van der Waals surface area contributed by atoms with Crippen molar-refractivity contribution in [2.75, 3.05) is 27.9 Å². The van der Waals surface area contributed by atoms with Crippen molar-refractivity contribution in [3.63, 3.8) is 0 Å². The maximum Gasteiger partial charge on any atom is 0.338 e. The second kappa shape index (κ2) is 10.7. The monoisotopic (exact) mass is 401 g/mol. The smallest absolute Gasteiger partial charge is 0.338 e. The SMILES string of the molecule is COC(=O)[C@H](Cc1ccccc1)NC(=O)COC(=O)c1cc(OC)cc(OC)c1. The van der Waals surface area contributed by atoms with Crippen molar-refractivity contribution >= 4 is 17.8 Å². The van der Waals surface area contributed by atoms with Gasteiger partial charge in [0.05, 0.1) is 26.9 Å². The summed E-state index contributed by atoms with van der Waals surface area (Å²) in [6.07, 6.45) is 0.250. The third-order valence-corrected chi connectivity index (χ3v) is 4.03. The Morgan fingerprint density at radius 2 is 1.55 bits per heavy atom. The highest BCUT2D eigenvalue weighted by molar-refractivity contribution is 5.93. The molecule has 0 heterocycles. The first-order valence-electron chi connectivity index (χ1n) is 8.78. The maximum absolute atomic E-state index is 12.2. The second-order valence-electron chi connectivity index (χ2n) is 6.01. The van der Waals surface area contributed by atoms with Crippen LogP contribution in [0.3, 0.4) is 0 Å². The van der Waals surface area contributed by atoms with Gasteiger partial charge in [0.2, 0.25) is 0 Å². The van der Waals surface area contributed by atoms with E-state index in [2.05, 4.69) is 5.32 Å². The number of esters is 2. The molecule has 8 nitrogen and oxygen atoms in total. The number of carbonyl (C=O) groups is 3. The van der Waals surface area contributed by atoms with Crippen LogP contribution in [0.15, 0.2) is 48.5 Å². The summed E-state index contributed by atoms with van der Waals surface area (Å²) in [5.41, 5.74) is 1.02. The van der Waals surface area contributed by atoms with Crippen LogP contribution < -0.4 is 14.8 Å². The highest BCUT2D eigenvalue weighted by atomic mass is 16.5. The average molecular weight is 401 g/mol. The first kappa shape index (κ1) is 21.7. The van der Waals surface area contributed by atoms with E-state index in [4.69, 9.17) is 18.9 Å². The molecule has 1 N–H and O–H groups in total. The van der Waals surface area contributed by atoms with Gasteiger partial charge in [-0.2, -0.15) is 0 Å². The van der Waals surface area contributed by atoms with Crippen LogP contribution in [0.2, 0.25) is 0 Å². The molecule has 0 aliphatic carbocycles. The Kier molecular flexibility index (Phi) is 8.02. The molecular formula is C21H23NO7. The lowest BCUT2D eigenvalue weighted by molar-refractivity contribution is -0.145. The Balaban J connectivity index is 1.97. The van der Waals surface area contributed by atoms with Crippen LogP contribution >= 0.6 is 0 Å². The van der Waals surface area contributed by atoms with Crippen LogP contribution in [0, 0.1) is 0 Å². The quantitative estimate of drug-likeness (QED) is 0.639. The average Bonchev–Trinajstić information content (AvgIpc) is 2.76. The van der Waals surface area contributed by atoms with Gasteiger partial charge in [-0.25, -0.2) is 9.59 Å². The van der Waals surface area contributed by atoms with Gasteiger partial charge in [-0.05, 0) is 17.7 Å². The van der Waals surface area contributed by atoms with Crippen molar-refractivity contribution in [2.24, 2.45) is 0 Å². The van der Waals surface area contributed by atoms with Gasteiger partial charge in [0.25, 0.3) is 5.91 Å². The summed E-state index contributed by atoms with van der Waals surface area (Å²) in [6.45, 7) is -0.555. The van der Waals surface area contributed by atoms with Gasteiger partial charge in [-0.3, -0.25) is 4.79 Å². The minimum Gasteiger partial charge on any atom is -0.497 e. The number of carbonyl (C=O) groups excluding carboxylic acids is 3. The third-order valence-electron chi connectivity index (χ3n) is 4.03. The largest absolute Gasteiger partial charge is 0.497 e. The number of ether oxygens (including phenoxy) is 4. The number of methoxy groups -OCH3 is 3. The fraction of sp³-hybridized carbons (Fsp3) is 0.286. The molecule has 154 valence electrons. The van der Waals surface area contributed by atoms with E-state index in [9.17, 15) is 14.4 Å². The van der Waals surface area contributed by atoms with Crippen molar-refractivity contribution in [1.82, 2.24) is 5.32 Å². The highest BCUT2D eigenvalue weighted by Gasteiger charge is 2.23. The molecule has 0 saturated heterocycles. The highest BCUT2D eigenvalue weighted by Crippen LogP contribution is 2.22. The molecule has 0 aliphatic rings. The molecule has 0 unspecified atom stereocenters. The Bertz CT molecular complexity index is 829. The summed E-state index contributed by atoms with van der Waals surface area (Å²) in [4.78, 5) is 36.4. The van der Waals surface area contributed by atoms with Gasteiger partial charge >= 0.3 is 11.9 Å². The molecule has 0 bridgehead atoms. The predicted octanol–water partition coefficient (Wildman–Crippen LogP) is 1.76. The second-order valence-corrected chi connectivity index (χ2v) is 6.01. The van der Waals surface area contributed by atoms with E-state index in [1.165, 1.54) is 33.5 Å². The van der Waals surface area contributed by atoms with E-state index >= 15 is 0 Å². The minimum absolute atomic E-state index is 0.169. The molecule has 0 aliphatic heterocycles. The Labute approximate surface area is 168 Å². The summed E-state index contributed by atoms with van der Waals surface area (Å²) in [5.74, 6) is -1.12. The molecule has 0 saturated carbocycles. The van der Waals surface area contributed by atoms with Crippen LogP contribution in [0.25, 0.3) is 0 Å². The van der Waals surface area contributed by atoms with Crippen molar-refractivity contribution < 1.29 is 33.3 Å². The van der Waals surface area contributed by atoms with Gasteiger partial charge < -0.3 is 24.3 Å². The number of hydrogen-bond donors (Lipinski definition) is 1. The lowest BCUT2D eigenvalue weighted by Gasteiger charge is -2.16. The Morgan fingerprint density at radius 1 is 0.931 bits per heavy atom. The number of hydrogen-bond acceptors (Lipinski definition) is 7. The van der Waals surface area contributed by atoms with Crippen LogP contribution in [-0.2, 0) is 25.5 Å². The summed E-state index contributed by atoms with van der Waals surface area (Å²) < 4.78 is 20.0. The zero-order valence-electron chi connectivity index (χ0n) is 16.5. The fourth-order valence-electron chi connectivity index (χ4n) is 2.56. The zero-order chi connectivity index (χ0) is 21.2. The van der Waals surface area contributed by atoms with Gasteiger partial charge in [0.15, 0.2) is 6.61 Å². The van der Waals surface area contributed by atoms with E-state index < -0.39 is 30.5 Å². The molecule has 2 rings (SSSR count). The molecule has 1 atom stereocenters. The molecule has 0 radical (unpaired) electrons. The van der Waals surface area contributed by atoms with E-state index in [0.29, 0.717) is 11.5 Å². The van der Waals surface area contributed by atoms with Crippen LogP contribution in [0.4, 0.5) is 0 Å². The van der Waals surface area contributed by atoms with E-state index in [0.717, 1.165) is 5.56 Å². The first-order valence-corrected chi connectivity index (χ1v) is 8.78. The van der Waals surface area contributed by atoms with Gasteiger partial charge in [-0.15, -0.1) is 0 Å². The number of benzene rings is 2. The van der Waals surface area contributed by atoms with Crippen LogP contribution in [0.5, 0.6) is 11.5 Å². The third kappa shape index (κ3) is 6.53. The number of rotatable bonds is 9. The van der Waals surface area contributed by atoms with E-state index in [1.807, 2.05) is 30.3 Å². The molecular weight excluding hydrogens is 378 g/mol. The molecule has 2 aromatic rings. The van der Waals surface area contributed by atoms with Crippen LogP contribution in [-0.4, -0.2) is 51.8 Å². The van der Waals surface area contributed by atoms with Crippen LogP contribution in [0.1, 0.15) is 15.9 Å². The fourth-order valence-corrected chi connectivity index (χ4v) is 2.56. The lowest BCUT2D eigenvalue weighted by Crippen LogP contribution is -2.44. The standard InChI is InChI=1S/C21H23NO7/c1-26-16-10-15(11-17(12-16)27-2)20(24)29-13-19(23)22-18(21(25)28-3)9-14-7-5-4-6-8-14/h4-8,10-12,18H,9,13H2,1-3H3,(H,22,23)/t18-/m0/s1. The summed E-state index contributed by atoms with van der Waals surface area (Å²) in [7, 11) is 4.15. The van der Waals surface area contributed by atoms with Crippen molar-refractivity contribution in [3.05, 3.63) is 59.7 Å². The molecule has 8 heteroatoms. The molecule has 0 aromatic heterocycles. The Hall–Kier alpha value is -3.55. The molecule has 1 amide bonds. The predicted molar refractivity (Wildman–Crippen MR) is 104 cm³/mol. The first-order chi connectivity index (χ1) is 14.0. The molecule has 0 fully saturated rings. The number of nitrogens with one attached hydrogen (secondary N) is 1. The summed E-state index contributed by atoms with van der Waals surface area (Å²) >= 11 is 0. The normalized spacial score (nSPS) is 11.1. The van der Waals surface area contributed by atoms with Gasteiger partial charge in [0, 0.05) is 12.5 Å². The summed E-state index contributed by atoms with van der Waals surface area (Å²) in [6, 6.07) is 12.8. The number of amides is 1. The minimum atomic E-state index is -0.898. The summed E-state index contributed by atoms with van der Waals surface area (Å²) in [5, 5.41) is 2.53. The Morgan fingerprint density at radius 3 is 2.10 bits per heavy atom. The topological polar surface area (TPSA) is 100 Å². The van der Waals surface area contributed by atoms with Crippen molar-refractivity contribution in [2.45, 2.75) is 12.5 Å². The van der Waals surface area contributed by atoms with Crippen molar-refractivity contribution in [1.29, 1.82) is 0 Å². The maximum atomic E-state index is 12.2. The zero-order valence-corrected chi connectivity index (χ0v) is 16.5. The molecule has 2 aromatic carbocycles. The lowest BCUT2D eigenvalue weighted by atomic mass is 10.1. The molecule has 0 spiro atoms. The van der Waals surface area contributed by atoms with E-state index in [1.54, 1.807) is 6.07 Å².